The average molecular weight is 558 g/mol. The minimum absolute atomic E-state index is 0.0906. The quantitative estimate of drug-likeness (QED) is 0.384. The van der Waals surface area contributed by atoms with Crippen LogP contribution in [0.3, 0.4) is 0 Å². The van der Waals surface area contributed by atoms with Gasteiger partial charge in [0.25, 0.3) is 0 Å². The van der Waals surface area contributed by atoms with Crippen LogP contribution >= 0.6 is 50.9 Å². The number of thioether (sulfide) groups is 1. The molecule has 2 aromatic carbocycles. The van der Waals surface area contributed by atoms with Crippen LogP contribution in [0.2, 0.25) is 10.0 Å². The van der Waals surface area contributed by atoms with Crippen molar-refractivity contribution in [2.45, 2.75) is 57.0 Å². The monoisotopic (exact) mass is 556 g/mol. The summed E-state index contributed by atoms with van der Waals surface area (Å²) in [7, 11) is 0. The van der Waals surface area contributed by atoms with Gasteiger partial charge in [-0.05, 0) is 55.2 Å². The van der Waals surface area contributed by atoms with E-state index in [0.717, 1.165) is 47.0 Å². The summed E-state index contributed by atoms with van der Waals surface area (Å²) in [6.07, 6.45) is 4.26. The Balaban J connectivity index is 1.68. The number of halogens is 3. The van der Waals surface area contributed by atoms with Crippen LogP contribution in [0.15, 0.2) is 46.9 Å². The molecule has 3 rings (SSSR count). The fraction of sp³-hybridized carbons (Fsp3) is 0.417. The molecule has 0 bridgehead atoms. The molecule has 0 radical (unpaired) electrons. The topological polar surface area (TPSA) is 49.4 Å². The Morgan fingerprint density at radius 1 is 1.16 bits per heavy atom. The first kappa shape index (κ1) is 25.4. The van der Waals surface area contributed by atoms with Crippen molar-refractivity contribution in [3.8, 4) is 0 Å². The fourth-order valence-corrected chi connectivity index (χ4v) is 5.33. The molecule has 1 saturated carbocycles. The van der Waals surface area contributed by atoms with Gasteiger partial charge in [-0.25, -0.2) is 0 Å². The second-order valence-electron chi connectivity index (χ2n) is 8.04. The highest BCUT2D eigenvalue weighted by atomic mass is 79.9. The highest BCUT2D eigenvalue weighted by molar-refractivity contribution is 9.10. The summed E-state index contributed by atoms with van der Waals surface area (Å²) in [4.78, 5) is 27.8. The molecule has 1 atom stereocenters. The van der Waals surface area contributed by atoms with E-state index in [0.29, 0.717) is 10.0 Å². The van der Waals surface area contributed by atoms with Gasteiger partial charge in [0, 0.05) is 32.9 Å². The highest BCUT2D eigenvalue weighted by Gasteiger charge is 2.28. The number of rotatable bonds is 9. The van der Waals surface area contributed by atoms with Crippen LogP contribution < -0.4 is 5.32 Å². The Morgan fingerprint density at radius 3 is 2.50 bits per heavy atom. The lowest BCUT2D eigenvalue weighted by atomic mass is 10.1. The maximum atomic E-state index is 13.2. The number of nitrogens with one attached hydrogen (secondary N) is 1. The van der Waals surface area contributed by atoms with Crippen LogP contribution in [0.25, 0.3) is 0 Å². The summed E-state index contributed by atoms with van der Waals surface area (Å²) in [6, 6.07) is 12.9. The van der Waals surface area contributed by atoms with Crippen molar-refractivity contribution in [1.29, 1.82) is 0 Å². The first-order valence-corrected chi connectivity index (χ1v) is 13.4. The average Bonchev–Trinajstić information content (AvgIpc) is 3.27. The predicted octanol–water partition coefficient (Wildman–Crippen LogP) is 6.47. The van der Waals surface area contributed by atoms with Crippen LogP contribution in [-0.2, 0) is 21.9 Å². The Bertz CT molecular complexity index is 936. The zero-order valence-electron chi connectivity index (χ0n) is 18.0. The van der Waals surface area contributed by atoms with Gasteiger partial charge in [-0.3, -0.25) is 9.59 Å². The molecule has 1 N–H and O–H groups in total. The van der Waals surface area contributed by atoms with Crippen molar-refractivity contribution in [1.82, 2.24) is 10.2 Å². The molecule has 0 saturated heterocycles. The first-order valence-electron chi connectivity index (χ1n) is 10.7. The highest BCUT2D eigenvalue weighted by Crippen LogP contribution is 2.25. The molecule has 4 nitrogen and oxygen atoms in total. The van der Waals surface area contributed by atoms with Gasteiger partial charge in [-0.2, -0.15) is 0 Å². The number of nitrogens with zero attached hydrogens (tertiary/aromatic N) is 1. The van der Waals surface area contributed by atoms with E-state index in [1.165, 1.54) is 11.8 Å². The number of carbonyl (C=O) groups excluding carboxylic acids is 2. The second-order valence-corrected chi connectivity index (χ2v) is 10.8. The largest absolute Gasteiger partial charge is 0.352 e. The summed E-state index contributed by atoms with van der Waals surface area (Å²) in [5, 5.41) is 4.14. The lowest BCUT2D eigenvalue weighted by Crippen LogP contribution is -2.50. The van der Waals surface area contributed by atoms with Gasteiger partial charge >= 0.3 is 0 Å². The molecule has 0 spiro atoms. The molecule has 1 aliphatic rings. The normalized spacial score (nSPS) is 14.9. The van der Waals surface area contributed by atoms with E-state index in [1.54, 1.807) is 24.0 Å². The molecule has 8 heteroatoms. The molecule has 2 amide bonds. The van der Waals surface area contributed by atoms with Crippen LogP contribution in [-0.4, -0.2) is 34.6 Å². The van der Waals surface area contributed by atoms with Crippen LogP contribution in [0.5, 0.6) is 0 Å². The second kappa shape index (κ2) is 12.3. The molecule has 0 aromatic heterocycles. The maximum absolute atomic E-state index is 13.2. The molecule has 172 valence electrons. The Labute approximate surface area is 212 Å². The lowest BCUT2D eigenvalue weighted by Gasteiger charge is -2.30. The molecule has 0 heterocycles. The van der Waals surface area contributed by atoms with Gasteiger partial charge in [-0.15, -0.1) is 11.8 Å². The number of hydrogen-bond donors (Lipinski definition) is 1. The molecular formula is C24H27BrCl2N2O2S. The Morgan fingerprint density at radius 2 is 1.84 bits per heavy atom. The van der Waals surface area contributed by atoms with E-state index in [4.69, 9.17) is 23.2 Å². The summed E-state index contributed by atoms with van der Waals surface area (Å²) in [5.74, 6) is 0.792. The smallest absolute Gasteiger partial charge is 0.242 e. The minimum atomic E-state index is -0.594. The zero-order valence-corrected chi connectivity index (χ0v) is 21.9. The number of benzene rings is 2. The third-order valence-electron chi connectivity index (χ3n) is 5.63. The lowest BCUT2D eigenvalue weighted by molar-refractivity contribution is -0.138. The van der Waals surface area contributed by atoms with Gasteiger partial charge < -0.3 is 10.2 Å². The van der Waals surface area contributed by atoms with Crippen LogP contribution in [0, 0.1) is 0 Å². The van der Waals surface area contributed by atoms with Gasteiger partial charge in [-0.1, -0.05) is 70.2 Å². The van der Waals surface area contributed by atoms with Gasteiger partial charge in [0.15, 0.2) is 0 Å². The number of carbonyl (C=O) groups is 2. The first-order chi connectivity index (χ1) is 15.3. The maximum Gasteiger partial charge on any atom is 0.242 e. The number of amides is 2. The van der Waals surface area contributed by atoms with Gasteiger partial charge in [0.05, 0.1) is 5.75 Å². The SMILES string of the molecule is C[C@@H](C(=O)NC1CCCC1)N(Cc1ccc(Cl)cc1Cl)C(=O)CSCc1ccc(Br)cc1. The fourth-order valence-electron chi connectivity index (χ4n) is 3.73. The Kier molecular flexibility index (Phi) is 9.77. The van der Waals surface area contributed by atoms with Crippen molar-refractivity contribution in [3.63, 3.8) is 0 Å². The van der Waals surface area contributed by atoms with Crippen molar-refractivity contribution in [2.75, 3.05) is 5.75 Å². The molecule has 1 fully saturated rings. The van der Waals surface area contributed by atoms with E-state index in [-0.39, 0.29) is 30.2 Å². The standard InChI is InChI=1S/C24H27BrCl2N2O2S/c1-16(24(31)28-21-4-2-3-5-21)29(13-18-8-11-20(26)12-22(18)27)23(30)15-32-14-17-6-9-19(25)10-7-17/h6-12,16,21H,2-5,13-15H2,1H3,(H,28,31)/t16-/m0/s1. The predicted molar refractivity (Wildman–Crippen MR) is 137 cm³/mol. The van der Waals surface area contributed by atoms with E-state index in [1.807, 2.05) is 30.3 Å². The zero-order chi connectivity index (χ0) is 23.1. The van der Waals surface area contributed by atoms with Gasteiger partial charge in [0.1, 0.15) is 6.04 Å². The van der Waals surface area contributed by atoms with Crippen molar-refractivity contribution >= 4 is 62.7 Å². The summed E-state index contributed by atoms with van der Waals surface area (Å²) in [5.41, 5.74) is 1.91. The summed E-state index contributed by atoms with van der Waals surface area (Å²) in [6.45, 7) is 2.04. The van der Waals surface area contributed by atoms with E-state index >= 15 is 0 Å². The molecule has 1 aliphatic carbocycles. The van der Waals surface area contributed by atoms with E-state index < -0.39 is 6.04 Å². The van der Waals surface area contributed by atoms with Crippen molar-refractivity contribution in [3.05, 3.63) is 68.1 Å². The molecule has 0 aliphatic heterocycles. The minimum Gasteiger partial charge on any atom is -0.352 e. The molecule has 0 unspecified atom stereocenters. The third-order valence-corrected chi connectivity index (χ3v) is 7.74. The summed E-state index contributed by atoms with van der Waals surface area (Å²) < 4.78 is 1.02. The molecule has 32 heavy (non-hydrogen) atoms. The summed E-state index contributed by atoms with van der Waals surface area (Å²) >= 11 is 17.4. The van der Waals surface area contributed by atoms with Gasteiger partial charge in [0.2, 0.25) is 11.8 Å². The van der Waals surface area contributed by atoms with Crippen LogP contribution in [0.4, 0.5) is 0 Å². The van der Waals surface area contributed by atoms with E-state index in [9.17, 15) is 9.59 Å². The molecular weight excluding hydrogens is 531 g/mol. The van der Waals surface area contributed by atoms with Crippen molar-refractivity contribution < 1.29 is 9.59 Å². The van der Waals surface area contributed by atoms with Crippen molar-refractivity contribution in [2.24, 2.45) is 0 Å². The molecule has 2 aromatic rings. The number of hydrogen-bond acceptors (Lipinski definition) is 3. The Hall–Kier alpha value is -1.21. The van der Waals surface area contributed by atoms with Crippen LogP contribution in [0.1, 0.15) is 43.7 Å². The van der Waals surface area contributed by atoms with E-state index in [2.05, 4.69) is 21.2 Å². The third kappa shape index (κ3) is 7.41.